The highest BCUT2D eigenvalue weighted by molar-refractivity contribution is 7.14. The van der Waals surface area contributed by atoms with Crippen LogP contribution in [-0.2, 0) is 12.8 Å². The number of carbonyl (C=O) groups excluding carboxylic acids is 1. The summed E-state index contributed by atoms with van der Waals surface area (Å²) in [6.07, 6.45) is 6.34. The molecule has 0 radical (unpaired) electrons. The van der Waals surface area contributed by atoms with E-state index in [1.165, 1.54) is 28.8 Å². The van der Waals surface area contributed by atoms with Gasteiger partial charge >= 0.3 is 0 Å². The van der Waals surface area contributed by atoms with Crippen molar-refractivity contribution in [3.05, 3.63) is 81.5 Å². The molecule has 3 nitrogen and oxygen atoms in total. The van der Waals surface area contributed by atoms with Gasteiger partial charge in [0.25, 0.3) is 5.91 Å². The number of amides is 1. The quantitative estimate of drug-likeness (QED) is 0.442. The summed E-state index contributed by atoms with van der Waals surface area (Å²) in [5.41, 5.74) is 7.33. The normalized spacial score (nSPS) is 16.1. The lowest BCUT2D eigenvalue weighted by atomic mass is 9.87. The summed E-state index contributed by atoms with van der Waals surface area (Å²) in [6.45, 7) is 2.25. The molecule has 0 saturated carbocycles. The Balaban J connectivity index is 1.37. The molecule has 4 rings (SSSR count). The summed E-state index contributed by atoms with van der Waals surface area (Å²) in [7, 11) is 0. The van der Waals surface area contributed by atoms with E-state index in [0.717, 1.165) is 34.8 Å². The molecule has 0 aliphatic heterocycles. The zero-order valence-electron chi connectivity index (χ0n) is 16.0. The van der Waals surface area contributed by atoms with Crippen LogP contribution >= 0.6 is 11.3 Å². The van der Waals surface area contributed by atoms with E-state index < -0.39 is 0 Å². The lowest BCUT2D eigenvalue weighted by molar-refractivity contribution is 0.0959. The largest absolute Gasteiger partial charge is 0.281 e. The molecule has 1 atom stereocenters. The molecule has 1 aliphatic carbocycles. The Morgan fingerprint density at radius 2 is 1.89 bits per heavy atom. The van der Waals surface area contributed by atoms with E-state index in [9.17, 15) is 4.79 Å². The number of fused-ring (bicyclic) bond motifs is 1. The van der Waals surface area contributed by atoms with Crippen molar-refractivity contribution >= 4 is 23.5 Å². The minimum absolute atomic E-state index is 0.121. The lowest BCUT2D eigenvalue weighted by Gasteiger charge is -2.19. The van der Waals surface area contributed by atoms with Gasteiger partial charge < -0.3 is 0 Å². The number of hydrogen-bond donors (Lipinski definition) is 1. The van der Waals surface area contributed by atoms with E-state index in [2.05, 4.69) is 47.8 Å². The number of aryl methyl sites for hydroxylation is 1. The van der Waals surface area contributed by atoms with Gasteiger partial charge in [-0.1, -0.05) is 67.9 Å². The predicted octanol–water partition coefficient (Wildman–Crippen LogP) is 5.69. The number of rotatable bonds is 5. The first-order chi connectivity index (χ1) is 13.7. The highest BCUT2D eigenvalue weighted by Crippen LogP contribution is 2.33. The van der Waals surface area contributed by atoms with Crippen molar-refractivity contribution in [3.63, 3.8) is 0 Å². The molecule has 1 aliphatic rings. The molecule has 2 aromatic carbocycles. The third-order valence-corrected chi connectivity index (χ3v) is 6.62. The molecule has 0 saturated heterocycles. The fraction of sp³-hybridized carbons (Fsp3) is 0.250. The van der Waals surface area contributed by atoms with Crippen molar-refractivity contribution in [1.82, 2.24) is 5.43 Å². The fourth-order valence-corrected chi connectivity index (χ4v) is 4.77. The number of nitrogens with zero attached hydrogens (tertiary/aromatic N) is 1. The smallest absolute Gasteiger partial charge is 0.266 e. The van der Waals surface area contributed by atoms with E-state index >= 15 is 0 Å². The Morgan fingerprint density at radius 3 is 2.64 bits per heavy atom. The van der Waals surface area contributed by atoms with E-state index in [4.69, 9.17) is 0 Å². The first-order valence-electron chi connectivity index (χ1n) is 9.83. The van der Waals surface area contributed by atoms with Crippen LogP contribution in [0.25, 0.3) is 11.1 Å². The number of benzene rings is 2. The van der Waals surface area contributed by atoms with Crippen LogP contribution in [-0.4, -0.2) is 12.1 Å². The fourth-order valence-electron chi connectivity index (χ4n) is 3.67. The highest BCUT2D eigenvalue weighted by Gasteiger charge is 2.21. The number of hydrogen-bond acceptors (Lipinski definition) is 3. The van der Waals surface area contributed by atoms with Gasteiger partial charge in [-0.05, 0) is 53.5 Å². The summed E-state index contributed by atoms with van der Waals surface area (Å²) in [5.74, 6) is 0.638. The van der Waals surface area contributed by atoms with Crippen molar-refractivity contribution in [3.8, 4) is 11.1 Å². The SMILES string of the molecule is CC[C@@H]1CCc2sc(C(=O)N/N=C\c3ccc(-c4ccccc4)cc3)cc2C1. The standard InChI is InChI=1S/C24H24N2OS/c1-2-17-10-13-22-21(14-17)15-23(28-22)24(27)26-25-16-18-8-11-20(12-9-18)19-6-4-3-5-7-19/h3-9,11-12,15-17H,2,10,13-14H2,1H3,(H,26,27)/b25-16-/t17-/m1/s1. The van der Waals surface area contributed by atoms with Crippen LogP contribution in [0.5, 0.6) is 0 Å². The molecule has 28 heavy (non-hydrogen) atoms. The van der Waals surface area contributed by atoms with Crippen LogP contribution in [0.3, 0.4) is 0 Å². The predicted molar refractivity (Wildman–Crippen MR) is 117 cm³/mol. The third kappa shape index (κ3) is 4.23. The summed E-state index contributed by atoms with van der Waals surface area (Å²) < 4.78 is 0. The maximum atomic E-state index is 12.4. The summed E-state index contributed by atoms with van der Waals surface area (Å²) >= 11 is 1.62. The second kappa shape index (κ2) is 8.53. The Hall–Kier alpha value is -2.72. The first kappa shape index (κ1) is 18.6. The molecular weight excluding hydrogens is 364 g/mol. The molecule has 1 N–H and O–H groups in total. The second-order valence-corrected chi connectivity index (χ2v) is 8.40. The molecule has 1 amide bonds. The first-order valence-corrected chi connectivity index (χ1v) is 10.6. The van der Waals surface area contributed by atoms with Crippen molar-refractivity contribution in [2.75, 3.05) is 0 Å². The number of nitrogens with one attached hydrogen (secondary N) is 1. The summed E-state index contributed by atoms with van der Waals surface area (Å²) in [4.78, 5) is 14.6. The van der Waals surface area contributed by atoms with Crippen molar-refractivity contribution < 1.29 is 4.79 Å². The van der Waals surface area contributed by atoms with Crippen LogP contribution in [0, 0.1) is 5.92 Å². The van der Waals surface area contributed by atoms with Crippen LogP contribution < -0.4 is 5.43 Å². The average molecular weight is 389 g/mol. The molecular formula is C24H24N2OS. The molecule has 0 spiro atoms. The van der Waals surface area contributed by atoms with Gasteiger partial charge in [0.05, 0.1) is 11.1 Å². The van der Waals surface area contributed by atoms with E-state index in [-0.39, 0.29) is 5.91 Å². The van der Waals surface area contributed by atoms with Gasteiger partial charge in [-0.3, -0.25) is 4.79 Å². The Bertz CT molecular complexity index is 974. The van der Waals surface area contributed by atoms with Gasteiger partial charge in [0.2, 0.25) is 0 Å². The summed E-state index contributed by atoms with van der Waals surface area (Å²) in [5, 5.41) is 4.14. The van der Waals surface area contributed by atoms with Crippen LogP contribution in [0.4, 0.5) is 0 Å². The Kier molecular flexibility index (Phi) is 5.68. The Morgan fingerprint density at radius 1 is 1.14 bits per heavy atom. The van der Waals surface area contributed by atoms with Crippen LogP contribution in [0.1, 0.15) is 45.4 Å². The topological polar surface area (TPSA) is 41.5 Å². The molecule has 3 aromatic rings. The van der Waals surface area contributed by atoms with Crippen molar-refractivity contribution in [2.45, 2.75) is 32.6 Å². The molecule has 142 valence electrons. The van der Waals surface area contributed by atoms with Gasteiger partial charge in [-0.2, -0.15) is 5.10 Å². The number of thiophene rings is 1. The van der Waals surface area contributed by atoms with Gasteiger partial charge in [0.1, 0.15) is 0 Å². The molecule has 1 aromatic heterocycles. The van der Waals surface area contributed by atoms with Gasteiger partial charge in [0.15, 0.2) is 0 Å². The Labute approximate surface area is 170 Å². The maximum absolute atomic E-state index is 12.4. The molecule has 1 heterocycles. The number of hydrazone groups is 1. The third-order valence-electron chi connectivity index (χ3n) is 5.38. The van der Waals surface area contributed by atoms with E-state index in [1.807, 2.05) is 30.3 Å². The van der Waals surface area contributed by atoms with Crippen LogP contribution in [0.15, 0.2) is 65.8 Å². The van der Waals surface area contributed by atoms with E-state index in [1.54, 1.807) is 17.6 Å². The van der Waals surface area contributed by atoms with Gasteiger partial charge in [-0.15, -0.1) is 11.3 Å². The minimum atomic E-state index is -0.121. The van der Waals surface area contributed by atoms with Crippen LogP contribution in [0.2, 0.25) is 0 Å². The lowest BCUT2D eigenvalue weighted by Crippen LogP contribution is -2.16. The molecule has 0 bridgehead atoms. The monoisotopic (exact) mass is 388 g/mol. The van der Waals surface area contributed by atoms with E-state index in [0.29, 0.717) is 0 Å². The minimum Gasteiger partial charge on any atom is -0.266 e. The van der Waals surface area contributed by atoms with Gasteiger partial charge in [-0.25, -0.2) is 5.43 Å². The van der Waals surface area contributed by atoms with Gasteiger partial charge in [0, 0.05) is 4.88 Å². The molecule has 0 fully saturated rings. The number of carbonyl (C=O) groups is 1. The zero-order chi connectivity index (χ0) is 19.3. The van der Waals surface area contributed by atoms with Crippen molar-refractivity contribution in [2.24, 2.45) is 11.0 Å². The molecule has 4 heteroatoms. The summed E-state index contributed by atoms with van der Waals surface area (Å²) in [6, 6.07) is 20.5. The highest BCUT2D eigenvalue weighted by atomic mass is 32.1. The maximum Gasteiger partial charge on any atom is 0.281 e. The molecule has 0 unspecified atom stereocenters. The second-order valence-electron chi connectivity index (χ2n) is 7.26. The zero-order valence-corrected chi connectivity index (χ0v) is 16.8. The average Bonchev–Trinajstić information content (AvgIpc) is 3.18. The van der Waals surface area contributed by atoms with Crippen molar-refractivity contribution in [1.29, 1.82) is 0 Å².